The molecule has 0 unspecified atom stereocenters. The number of nitrogens with zero attached hydrogens (tertiary/aromatic N) is 3. The maximum atomic E-state index is 9.81. The number of aromatic nitrogens is 2. The highest BCUT2D eigenvalue weighted by Gasteiger charge is 2.39. The third-order valence-corrected chi connectivity index (χ3v) is 2.86. The Kier molecular flexibility index (Phi) is 2.75. The molecule has 1 saturated heterocycles. The van der Waals surface area contributed by atoms with Crippen molar-refractivity contribution in [2.24, 2.45) is 0 Å². The van der Waals surface area contributed by atoms with Crippen molar-refractivity contribution in [3.8, 4) is 0 Å². The van der Waals surface area contributed by atoms with Crippen LogP contribution in [0.25, 0.3) is 0 Å². The summed E-state index contributed by atoms with van der Waals surface area (Å²) in [5, 5.41) is 17.6. The van der Waals surface area contributed by atoms with Crippen LogP contribution in [-0.2, 0) is 13.0 Å². The molecule has 1 aromatic heterocycles. The number of β-amino-alcohol motifs (C(OH)–C–C–N with tert-alkyl or cyclic N) is 1. The minimum Gasteiger partial charge on any atom is -0.424 e. The molecular weight excluding hydrogens is 194 g/mol. The molecule has 0 amide bonds. The zero-order valence-corrected chi connectivity index (χ0v) is 9.23. The van der Waals surface area contributed by atoms with Gasteiger partial charge < -0.3 is 9.52 Å². The summed E-state index contributed by atoms with van der Waals surface area (Å²) in [4.78, 5) is 2.11. The molecule has 0 radical (unpaired) electrons. The van der Waals surface area contributed by atoms with Gasteiger partial charge in [0.25, 0.3) is 0 Å². The second-order valence-electron chi connectivity index (χ2n) is 4.17. The van der Waals surface area contributed by atoms with Crippen molar-refractivity contribution in [1.82, 2.24) is 15.1 Å². The van der Waals surface area contributed by atoms with Gasteiger partial charge >= 0.3 is 0 Å². The second-order valence-corrected chi connectivity index (χ2v) is 4.17. The molecule has 15 heavy (non-hydrogen) atoms. The Labute approximate surface area is 89.1 Å². The first-order valence-electron chi connectivity index (χ1n) is 5.41. The Bertz CT molecular complexity index is 331. The van der Waals surface area contributed by atoms with Crippen LogP contribution in [-0.4, -0.2) is 38.9 Å². The van der Waals surface area contributed by atoms with E-state index in [0.29, 0.717) is 31.4 Å². The van der Waals surface area contributed by atoms with Gasteiger partial charge in [0, 0.05) is 19.5 Å². The van der Waals surface area contributed by atoms with Crippen molar-refractivity contribution in [3.63, 3.8) is 0 Å². The predicted molar refractivity (Wildman–Crippen MR) is 54.2 cm³/mol. The number of likely N-dealkylation sites (tertiary alicyclic amines) is 1. The van der Waals surface area contributed by atoms with Crippen LogP contribution in [0.1, 0.15) is 32.0 Å². The molecule has 2 rings (SSSR count). The fourth-order valence-electron chi connectivity index (χ4n) is 1.81. The van der Waals surface area contributed by atoms with Gasteiger partial charge in [-0.3, -0.25) is 4.90 Å². The van der Waals surface area contributed by atoms with Gasteiger partial charge in [-0.1, -0.05) is 13.8 Å². The van der Waals surface area contributed by atoms with Crippen LogP contribution in [0.15, 0.2) is 4.42 Å². The molecule has 5 heteroatoms. The highest BCUT2D eigenvalue weighted by atomic mass is 16.4. The Balaban J connectivity index is 1.84. The Morgan fingerprint density at radius 2 is 2.00 bits per heavy atom. The minimum absolute atomic E-state index is 0.492. The third-order valence-electron chi connectivity index (χ3n) is 2.86. The van der Waals surface area contributed by atoms with Crippen molar-refractivity contribution < 1.29 is 9.52 Å². The molecule has 0 spiro atoms. The van der Waals surface area contributed by atoms with E-state index in [9.17, 15) is 5.11 Å². The summed E-state index contributed by atoms with van der Waals surface area (Å²) in [7, 11) is 0. The molecule has 1 aromatic rings. The summed E-state index contributed by atoms with van der Waals surface area (Å²) in [6.07, 6.45) is 1.57. The lowest BCUT2D eigenvalue weighted by atomic mass is 9.91. The Morgan fingerprint density at radius 3 is 2.53 bits per heavy atom. The molecular formula is C10H17N3O2. The maximum absolute atomic E-state index is 9.81. The lowest BCUT2D eigenvalue weighted by Gasteiger charge is -2.45. The van der Waals surface area contributed by atoms with Crippen LogP contribution in [0.5, 0.6) is 0 Å². The van der Waals surface area contributed by atoms with Crippen LogP contribution in [0.4, 0.5) is 0 Å². The average Bonchev–Trinajstić information content (AvgIpc) is 2.63. The van der Waals surface area contributed by atoms with E-state index in [4.69, 9.17) is 4.42 Å². The van der Waals surface area contributed by atoms with Crippen LogP contribution in [0.2, 0.25) is 0 Å². The van der Waals surface area contributed by atoms with Gasteiger partial charge in [0.1, 0.15) is 0 Å². The van der Waals surface area contributed by atoms with Gasteiger partial charge in [-0.25, -0.2) is 0 Å². The van der Waals surface area contributed by atoms with Gasteiger partial charge in [-0.05, 0) is 6.42 Å². The lowest BCUT2D eigenvalue weighted by Crippen LogP contribution is -2.60. The molecule has 1 N–H and O–H groups in total. The highest BCUT2D eigenvalue weighted by molar-refractivity contribution is 4.96. The molecule has 0 bridgehead atoms. The summed E-state index contributed by atoms with van der Waals surface area (Å²) in [6.45, 7) is 6.03. The van der Waals surface area contributed by atoms with E-state index in [-0.39, 0.29) is 0 Å². The zero-order valence-electron chi connectivity index (χ0n) is 9.23. The Morgan fingerprint density at radius 1 is 1.33 bits per heavy atom. The van der Waals surface area contributed by atoms with E-state index in [1.54, 1.807) is 0 Å². The molecule has 0 aromatic carbocycles. The fraction of sp³-hybridized carbons (Fsp3) is 0.800. The van der Waals surface area contributed by atoms with E-state index >= 15 is 0 Å². The van der Waals surface area contributed by atoms with Gasteiger partial charge in [-0.2, -0.15) is 0 Å². The standard InChI is InChI=1S/C10H17N3O2/c1-3-8-11-12-9(15-8)5-13-6-10(14,4-2)7-13/h14H,3-7H2,1-2H3. The van der Waals surface area contributed by atoms with Crippen molar-refractivity contribution in [3.05, 3.63) is 11.8 Å². The Hall–Kier alpha value is -0.940. The molecule has 84 valence electrons. The highest BCUT2D eigenvalue weighted by Crippen LogP contribution is 2.25. The van der Waals surface area contributed by atoms with E-state index in [1.165, 1.54) is 0 Å². The molecule has 1 fully saturated rings. The summed E-state index contributed by atoms with van der Waals surface area (Å²) < 4.78 is 5.40. The minimum atomic E-state index is -0.492. The molecule has 0 saturated carbocycles. The maximum Gasteiger partial charge on any atom is 0.230 e. The number of rotatable bonds is 4. The largest absolute Gasteiger partial charge is 0.424 e. The fourth-order valence-corrected chi connectivity index (χ4v) is 1.81. The van der Waals surface area contributed by atoms with Gasteiger partial charge in [0.05, 0.1) is 12.1 Å². The van der Waals surface area contributed by atoms with Crippen molar-refractivity contribution >= 4 is 0 Å². The van der Waals surface area contributed by atoms with Gasteiger partial charge in [0.15, 0.2) is 0 Å². The quantitative estimate of drug-likeness (QED) is 0.789. The van der Waals surface area contributed by atoms with E-state index in [0.717, 1.165) is 12.8 Å². The van der Waals surface area contributed by atoms with Crippen molar-refractivity contribution in [2.45, 2.75) is 38.8 Å². The van der Waals surface area contributed by atoms with Crippen LogP contribution >= 0.6 is 0 Å². The number of hydrogen-bond donors (Lipinski definition) is 1. The normalized spacial score (nSPS) is 20.2. The van der Waals surface area contributed by atoms with E-state index in [2.05, 4.69) is 15.1 Å². The van der Waals surface area contributed by atoms with E-state index in [1.807, 2.05) is 13.8 Å². The molecule has 0 aliphatic carbocycles. The SMILES string of the molecule is CCc1nnc(CN2CC(O)(CC)C2)o1. The van der Waals surface area contributed by atoms with Crippen LogP contribution in [0, 0.1) is 0 Å². The van der Waals surface area contributed by atoms with E-state index < -0.39 is 5.60 Å². The summed E-state index contributed by atoms with van der Waals surface area (Å²) in [5.41, 5.74) is -0.492. The predicted octanol–water partition coefficient (Wildman–Crippen LogP) is 0.589. The molecule has 2 heterocycles. The van der Waals surface area contributed by atoms with Crippen molar-refractivity contribution in [2.75, 3.05) is 13.1 Å². The van der Waals surface area contributed by atoms with Crippen molar-refractivity contribution in [1.29, 1.82) is 0 Å². The summed E-state index contributed by atoms with van der Waals surface area (Å²) in [5.74, 6) is 1.32. The first-order chi connectivity index (χ1) is 7.15. The monoisotopic (exact) mass is 211 g/mol. The number of hydrogen-bond acceptors (Lipinski definition) is 5. The van der Waals surface area contributed by atoms with Gasteiger partial charge in [0.2, 0.25) is 11.8 Å². The topological polar surface area (TPSA) is 62.4 Å². The summed E-state index contributed by atoms with van der Waals surface area (Å²) in [6, 6.07) is 0. The third kappa shape index (κ3) is 2.18. The first kappa shape index (κ1) is 10.6. The number of aliphatic hydroxyl groups is 1. The summed E-state index contributed by atoms with van der Waals surface area (Å²) >= 11 is 0. The first-order valence-corrected chi connectivity index (χ1v) is 5.41. The number of aryl methyl sites for hydroxylation is 1. The lowest BCUT2D eigenvalue weighted by molar-refractivity contribution is -0.105. The second kappa shape index (κ2) is 3.90. The molecule has 0 atom stereocenters. The smallest absolute Gasteiger partial charge is 0.230 e. The molecule has 5 nitrogen and oxygen atoms in total. The van der Waals surface area contributed by atoms with Gasteiger partial charge in [-0.15, -0.1) is 10.2 Å². The molecule has 1 aliphatic heterocycles. The van der Waals surface area contributed by atoms with Crippen LogP contribution < -0.4 is 0 Å². The average molecular weight is 211 g/mol. The van der Waals surface area contributed by atoms with Crippen LogP contribution in [0.3, 0.4) is 0 Å². The molecule has 1 aliphatic rings. The zero-order chi connectivity index (χ0) is 10.9.